The first-order valence-corrected chi connectivity index (χ1v) is 9.46. The summed E-state index contributed by atoms with van der Waals surface area (Å²) >= 11 is 1.50. The normalized spacial score (nSPS) is 17.5. The highest BCUT2D eigenvalue weighted by atomic mass is 32.2. The van der Waals surface area contributed by atoms with E-state index in [-0.39, 0.29) is 0 Å². The van der Waals surface area contributed by atoms with Gasteiger partial charge in [0.2, 0.25) is 0 Å². The van der Waals surface area contributed by atoms with Crippen LogP contribution in [-0.2, 0) is 16.6 Å². The van der Waals surface area contributed by atoms with Crippen LogP contribution in [0.2, 0.25) is 0 Å². The molecule has 1 saturated heterocycles. The van der Waals surface area contributed by atoms with Crippen molar-refractivity contribution in [3.05, 3.63) is 15.8 Å². The van der Waals surface area contributed by atoms with E-state index in [1.165, 1.54) is 17.8 Å². The van der Waals surface area contributed by atoms with E-state index < -0.39 is 10.0 Å². The van der Waals surface area contributed by atoms with Gasteiger partial charge in [-0.05, 0) is 37.3 Å². The zero-order valence-electron chi connectivity index (χ0n) is 12.1. The number of sulfonamides is 1. The molecule has 1 aliphatic heterocycles. The van der Waals surface area contributed by atoms with Crippen LogP contribution in [0.5, 0.6) is 0 Å². The Balaban J connectivity index is 2.17. The number of hydrogen-bond donors (Lipinski definition) is 2. The van der Waals surface area contributed by atoms with E-state index in [4.69, 9.17) is 0 Å². The Bertz CT molecular complexity index is 534. The molecule has 2 rings (SSSR count). The number of nitrogens with one attached hydrogen (secondary N) is 2. The molecule has 0 aliphatic carbocycles. The predicted octanol–water partition coefficient (Wildman–Crippen LogP) is 1.85. The lowest BCUT2D eigenvalue weighted by Gasteiger charge is -2.26. The fraction of sp³-hybridized carbons (Fsp3) is 0.692. The number of thiophene rings is 1. The minimum absolute atomic E-state index is 0.453. The number of piperidine rings is 1. The van der Waals surface area contributed by atoms with Gasteiger partial charge in [0.1, 0.15) is 4.90 Å². The number of rotatable bonds is 6. The first kappa shape index (κ1) is 15.9. The lowest BCUT2D eigenvalue weighted by Crippen LogP contribution is -2.45. The van der Waals surface area contributed by atoms with E-state index in [1.807, 2.05) is 24.2 Å². The van der Waals surface area contributed by atoms with Gasteiger partial charge in [-0.25, -0.2) is 13.4 Å². The molecule has 114 valence electrons. The Kier molecular flexibility index (Phi) is 5.57. The Morgan fingerprint density at radius 2 is 2.00 bits per heavy atom. The SMILES string of the molecule is CCNCc1scc(C)c1S(=O)(=O)NN1CCCCC1. The van der Waals surface area contributed by atoms with E-state index in [0.717, 1.165) is 42.9 Å². The first-order valence-electron chi connectivity index (χ1n) is 7.09. The third kappa shape index (κ3) is 3.79. The summed E-state index contributed by atoms with van der Waals surface area (Å²) in [7, 11) is -3.46. The van der Waals surface area contributed by atoms with Crippen LogP contribution >= 0.6 is 11.3 Å². The quantitative estimate of drug-likeness (QED) is 0.840. The van der Waals surface area contributed by atoms with E-state index in [1.54, 1.807) is 0 Å². The molecule has 2 heterocycles. The third-order valence-electron chi connectivity index (χ3n) is 3.40. The van der Waals surface area contributed by atoms with Gasteiger partial charge in [-0.15, -0.1) is 16.2 Å². The van der Waals surface area contributed by atoms with Gasteiger partial charge in [-0.1, -0.05) is 13.3 Å². The molecule has 20 heavy (non-hydrogen) atoms. The summed E-state index contributed by atoms with van der Waals surface area (Å²) in [6.07, 6.45) is 3.28. The van der Waals surface area contributed by atoms with Gasteiger partial charge in [-0.3, -0.25) is 0 Å². The third-order valence-corrected chi connectivity index (χ3v) is 6.24. The summed E-state index contributed by atoms with van der Waals surface area (Å²) in [6.45, 7) is 6.90. The molecule has 0 bridgehead atoms. The molecule has 0 unspecified atom stereocenters. The topological polar surface area (TPSA) is 61.4 Å². The smallest absolute Gasteiger partial charge is 0.254 e. The van der Waals surface area contributed by atoms with Gasteiger partial charge in [-0.2, -0.15) is 0 Å². The average molecular weight is 317 g/mol. The van der Waals surface area contributed by atoms with E-state index in [9.17, 15) is 8.42 Å². The van der Waals surface area contributed by atoms with Crippen LogP contribution < -0.4 is 10.1 Å². The second-order valence-corrected chi connectivity index (χ2v) is 7.66. The molecule has 1 aliphatic rings. The minimum Gasteiger partial charge on any atom is -0.312 e. The fourth-order valence-electron chi connectivity index (χ4n) is 2.41. The molecule has 0 amide bonds. The van der Waals surface area contributed by atoms with Crippen molar-refractivity contribution >= 4 is 21.4 Å². The molecule has 0 saturated carbocycles. The van der Waals surface area contributed by atoms with Crippen molar-refractivity contribution in [1.29, 1.82) is 0 Å². The van der Waals surface area contributed by atoms with Crippen molar-refractivity contribution < 1.29 is 8.42 Å². The molecule has 1 aromatic rings. The molecule has 0 spiro atoms. The van der Waals surface area contributed by atoms with Crippen LogP contribution in [0.25, 0.3) is 0 Å². The first-order chi connectivity index (χ1) is 9.54. The molecule has 0 radical (unpaired) electrons. The maximum Gasteiger partial charge on any atom is 0.254 e. The lowest BCUT2D eigenvalue weighted by molar-refractivity contribution is 0.200. The van der Waals surface area contributed by atoms with Crippen LogP contribution in [0.3, 0.4) is 0 Å². The Morgan fingerprint density at radius 1 is 1.30 bits per heavy atom. The second-order valence-electron chi connectivity index (χ2n) is 5.09. The van der Waals surface area contributed by atoms with Gasteiger partial charge >= 0.3 is 0 Å². The molecule has 0 atom stereocenters. The van der Waals surface area contributed by atoms with Gasteiger partial charge in [0.05, 0.1) is 0 Å². The number of nitrogens with zero attached hydrogens (tertiary/aromatic N) is 1. The van der Waals surface area contributed by atoms with Crippen molar-refractivity contribution in [3.8, 4) is 0 Å². The Labute approximate surface area is 125 Å². The van der Waals surface area contributed by atoms with Crippen LogP contribution in [0.4, 0.5) is 0 Å². The number of hydrogen-bond acceptors (Lipinski definition) is 5. The van der Waals surface area contributed by atoms with Crippen molar-refractivity contribution in [1.82, 2.24) is 15.2 Å². The molecular formula is C13H23N3O2S2. The Hall–Kier alpha value is -0.470. The summed E-state index contributed by atoms with van der Waals surface area (Å²) in [5.41, 5.74) is 0.826. The van der Waals surface area contributed by atoms with E-state index >= 15 is 0 Å². The van der Waals surface area contributed by atoms with Gasteiger partial charge < -0.3 is 5.32 Å². The molecule has 0 aromatic carbocycles. The molecule has 5 nitrogen and oxygen atoms in total. The lowest BCUT2D eigenvalue weighted by atomic mass is 10.2. The second kappa shape index (κ2) is 7.00. The maximum atomic E-state index is 12.6. The van der Waals surface area contributed by atoms with E-state index in [2.05, 4.69) is 10.1 Å². The number of aryl methyl sites for hydroxylation is 1. The highest BCUT2D eigenvalue weighted by molar-refractivity contribution is 7.89. The average Bonchev–Trinajstić information content (AvgIpc) is 2.79. The zero-order valence-corrected chi connectivity index (χ0v) is 13.7. The molecular weight excluding hydrogens is 294 g/mol. The highest BCUT2D eigenvalue weighted by Gasteiger charge is 2.25. The van der Waals surface area contributed by atoms with Gasteiger partial charge in [0.25, 0.3) is 10.0 Å². The van der Waals surface area contributed by atoms with Crippen LogP contribution in [-0.4, -0.2) is 33.1 Å². The van der Waals surface area contributed by atoms with Crippen molar-refractivity contribution in [2.24, 2.45) is 0 Å². The highest BCUT2D eigenvalue weighted by Crippen LogP contribution is 2.27. The summed E-state index contributed by atoms with van der Waals surface area (Å²) < 4.78 is 25.2. The zero-order chi connectivity index (χ0) is 14.6. The van der Waals surface area contributed by atoms with Gasteiger partial charge in [0, 0.05) is 24.5 Å². The molecule has 1 fully saturated rings. The van der Waals surface area contributed by atoms with E-state index in [0.29, 0.717) is 11.4 Å². The van der Waals surface area contributed by atoms with Crippen LogP contribution in [0.1, 0.15) is 36.6 Å². The Morgan fingerprint density at radius 3 is 2.65 bits per heavy atom. The molecule has 2 N–H and O–H groups in total. The standard InChI is InChI=1S/C13H23N3O2S2/c1-3-14-9-12-13(11(2)10-19-12)20(17,18)15-16-7-5-4-6-8-16/h10,14-15H,3-9H2,1-2H3. The maximum absolute atomic E-state index is 12.6. The fourth-order valence-corrected chi connectivity index (χ4v) is 5.32. The molecule has 7 heteroatoms. The summed E-state index contributed by atoms with van der Waals surface area (Å²) in [4.78, 5) is 4.08. The van der Waals surface area contributed by atoms with Crippen LogP contribution in [0, 0.1) is 6.92 Å². The van der Waals surface area contributed by atoms with Crippen molar-refractivity contribution in [2.75, 3.05) is 19.6 Å². The van der Waals surface area contributed by atoms with Crippen LogP contribution in [0.15, 0.2) is 10.3 Å². The summed E-state index contributed by atoms with van der Waals surface area (Å²) in [5, 5.41) is 6.94. The van der Waals surface area contributed by atoms with Crippen molar-refractivity contribution in [2.45, 2.75) is 44.6 Å². The minimum atomic E-state index is -3.46. The number of hydrazine groups is 1. The summed E-state index contributed by atoms with van der Waals surface area (Å²) in [5.74, 6) is 0. The monoisotopic (exact) mass is 317 g/mol. The van der Waals surface area contributed by atoms with Crippen molar-refractivity contribution in [3.63, 3.8) is 0 Å². The summed E-state index contributed by atoms with van der Waals surface area (Å²) in [6, 6.07) is 0. The van der Waals surface area contributed by atoms with Gasteiger partial charge in [0.15, 0.2) is 0 Å². The largest absolute Gasteiger partial charge is 0.312 e. The predicted molar refractivity (Wildman–Crippen MR) is 82.2 cm³/mol. The molecule has 1 aromatic heterocycles.